The van der Waals surface area contributed by atoms with Crippen LogP contribution in [0.4, 0.5) is 0 Å². The summed E-state index contributed by atoms with van der Waals surface area (Å²) in [5.74, 6) is -1.01. The number of likely N-dealkylation sites (tertiary alicyclic amines) is 1. The molecule has 0 saturated carbocycles. The number of aromatic carboxylic acids is 1. The molecule has 0 unspecified atom stereocenters. The third-order valence-electron chi connectivity index (χ3n) is 3.66. The summed E-state index contributed by atoms with van der Waals surface area (Å²) in [7, 11) is 0. The number of aromatic hydroxyl groups is 1. The van der Waals surface area contributed by atoms with Gasteiger partial charge in [-0.25, -0.2) is 4.79 Å². The van der Waals surface area contributed by atoms with Crippen molar-refractivity contribution in [2.24, 2.45) is 0 Å². The van der Waals surface area contributed by atoms with Crippen LogP contribution in [0.2, 0.25) is 0 Å². The molecule has 5 nitrogen and oxygen atoms in total. The molecule has 2 rings (SSSR count). The van der Waals surface area contributed by atoms with Crippen molar-refractivity contribution in [2.45, 2.75) is 25.7 Å². The van der Waals surface area contributed by atoms with E-state index in [1.54, 1.807) is 17.9 Å². The number of hydrogen-bond acceptors (Lipinski definition) is 3. The highest BCUT2D eigenvalue weighted by atomic mass is 16.4. The number of rotatable bonds is 2. The molecule has 0 radical (unpaired) electrons. The maximum atomic E-state index is 11.2. The molecule has 0 spiro atoms. The fourth-order valence-electron chi connectivity index (χ4n) is 2.51. The summed E-state index contributed by atoms with van der Waals surface area (Å²) >= 11 is 0. The molecule has 0 aliphatic carbocycles. The SMILES string of the molecule is CC(=O)N1CCC(c2ccc(O)c(C(=O)O)c2)CC1. The Labute approximate surface area is 111 Å². The smallest absolute Gasteiger partial charge is 0.339 e. The average Bonchev–Trinajstić information content (AvgIpc) is 2.39. The molecule has 0 atom stereocenters. The van der Waals surface area contributed by atoms with Crippen LogP contribution >= 0.6 is 0 Å². The zero-order chi connectivity index (χ0) is 14.0. The highest BCUT2D eigenvalue weighted by Gasteiger charge is 2.23. The molecule has 0 bridgehead atoms. The van der Waals surface area contributed by atoms with Crippen LogP contribution < -0.4 is 0 Å². The molecular weight excluding hydrogens is 246 g/mol. The van der Waals surface area contributed by atoms with E-state index in [4.69, 9.17) is 5.11 Å². The number of carbonyl (C=O) groups is 2. The zero-order valence-corrected chi connectivity index (χ0v) is 10.8. The van der Waals surface area contributed by atoms with E-state index in [0.29, 0.717) is 13.1 Å². The van der Waals surface area contributed by atoms with Gasteiger partial charge in [0, 0.05) is 20.0 Å². The number of nitrogens with zero attached hydrogens (tertiary/aromatic N) is 1. The average molecular weight is 263 g/mol. The summed E-state index contributed by atoms with van der Waals surface area (Å²) in [4.78, 5) is 24.0. The summed E-state index contributed by atoms with van der Waals surface area (Å²) in [6.07, 6.45) is 1.65. The fourth-order valence-corrected chi connectivity index (χ4v) is 2.51. The normalized spacial score (nSPS) is 16.4. The summed E-state index contributed by atoms with van der Waals surface area (Å²) in [5.41, 5.74) is 0.852. The van der Waals surface area contributed by atoms with Crippen molar-refractivity contribution in [2.75, 3.05) is 13.1 Å². The highest BCUT2D eigenvalue weighted by Crippen LogP contribution is 2.30. The predicted octanol–water partition coefficient (Wildman–Crippen LogP) is 1.82. The lowest BCUT2D eigenvalue weighted by atomic mass is 9.88. The van der Waals surface area contributed by atoms with Crippen molar-refractivity contribution in [1.29, 1.82) is 0 Å². The number of benzene rings is 1. The lowest BCUT2D eigenvalue weighted by molar-refractivity contribution is -0.129. The lowest BCUT2D eigenvalue weighted by Crippen LogP contribution is -2.36. The number of hydrogen-bond donors (Lipinski definition) is 2. The molecular formula is C14H17NO4. The zero-order valence-electron chi connectivity index (χ0n) is 10.8. The quantitative estimate of drug-likeness (QED) is 0.853. The van der Waals surface area contributed by atoms with Gasteiger partial charge < -0.3 is 15.1 Å². The minimum Gasteiger partial charge on any atom is -0.507 e. The first kappa shape index (κ1) is 13.4. The van der Waals surface area contributed by atoms with Crippen LogP contribution in [0.3, 0.4) is 0 Å². The number of carboxylic acids is 1. The molecule has 1 aromatic carbocycles. The van der Waals surface area contributed by atoms with Gasteiger partial charge in [0.15, 0.2) is 0 Å². The van der Waals surface area contributed by atoms with Gasteiger partial charge in [0.25, 0.3) is 0 Å². The highest BCUT2D eigenvalue weighted by molar-refractivity contribution is 5.91. The molecule has 102 valence electrons. The summed E-state index contributed by atoms with van der Waals surface area (Å²) < 4.78 is 0. The van der Waals surface area contributed by atoms with Gasteiger partial charge in [-0.15, -0.1) is 0 Å². The first-order valence-electron chi connectivity index (χ1n) is 6.30. The van der Waals surface area contributed by atoms with Crippen molar-refractivity contribution in [1.82, 2.24) is 4.90 Å². The van der Waals surface area contributed by atoms with Crippen LogP contribution in [0, 0.1) is 0 Å². The standard InChI is InChI=1S/C14H17NO4/c1-9(16)15-6-4-10(5-7-15)11-2-3-13(17)12(8-11)14(18)19/h2-3,8,10,17H,4-7H2,1H3,(H,18,19). The molecule has 1 amide bonds. The fraction of sp³-hybridized carbons (Fsp3) is 0.429. The van der Waals surface area contributed by atoms with Crippen LogP contribution in [-0.4, -0.2) is 40.1 Å². The molecule has 2 N–H and O–H groups in total. The van der Waals surface area contributed by atoms with E-state index in [-0.39, 0.29) is 23.1 Å². The van der Waals surface area contributed by atoms with Crippen LogP contribution in [0.1, 0.15) is 41.6 Å². The van der Waals surface area contributed by atoms with Crippen LogP contribution in [-0.2, 0) is 4.79 Å². The monoisotopic (exact) mass is 263 g/mol. The maximum Gasteiger partial charge on any atom is 0.339 e. The van der Waals surface area contributed by atoms with Gasteiger partial charge in [-0.3, -0.25) is 4.79 Å². The topological polar surface area (TPSA) is 77.8 Å². The van der Waals surface area contributed by atoms with Crippen LogP contribution in [0.15, 0.2) is 18.2 Å². The second-order valence-electron chi connectivity index (χ2n) is 4.86. The number of carbonyl (C=O) groups excluding carboxylic acids is 1. The number of amides is 1. The number of piperidine rings is 1. The second kappa shape index (κ2) is 5.30. The molecule has 1 aromatic rings. The summed E-state index contributed by atoms with van der Waals surface area (Å²) in [5, 5.41) is 18.5. The third-order valence-corrected chi connectivity index (χ3v) is 3.66. The molecule has 1 aliphatic rings. The predicted molar refractivity (Wildman–Crippen MR) is 69.3 cm³/mol. The number of carboxylic acid groups (broad SMARTS) is 1. The molecule has 1 aliphatic heterocycles. The van der Waals surface area contributed by atoms with Crippen molar-refractivity contribution in [3.05, 3.63) is 29.3 Å². The summed E-state index contributed by atoms with van der Waals surface area (Å²) in [6, 6.07) is 4.72. The Balaban J connectivity index is 2.14. The Bertz CT molecular complexity index is 504. The van der Waals surface area contributed by atoms with Crippen molar-refractivity contribution in [3.63, 3.8) is 0 Å². The van der Waals surface area contributed by atoms with Crippen LogP contribution in [0.25, 0.3) is 0 Å². The first-order valence-corrected chi connectivity index (χ1v) is 6.30. The Kier molecular flexibility index (Phi) is 3.74. The van der Waals surface area contributed by atoms with E-state index in [2.05, 4.69) is 0 Å². The van der Waals surface area contributed by atoms with E-state index in [9.17, 15) is 14.7 Å². The van der Waals surface area contributed by atoms with Crippen molar-refractivity contribution >= 4 is 11.9 Å². The lowest BCUT2D eigenvalue weighted by Gasteiger charge is -2.31. The van der Waals surface area contributed by atoms with Gasteiger partial charge in [0.1, 0.15) is 11.3 Å². The first-order chi connectivity index (χ1) is 8.99. The Morgan fingerprint density at radius 1 is 1.26 bits per heavy atom. The maximum absolute atomic E-state index is 11.2. The van der Waals surface area contributed by atoms with Crippen molar-refractivity contribution in [3.8, 4) is 5.75 Å². The molecule has 1 saturated heterocycles. The Hall–Kier alpha value is -2.04. The number of phenols is 1. The molecule has 0 aromatic heterocycles. The minimum absolute atomic E-state index is 0.0634. The van der Waals surface area contributed by atoms with Gasteiger partial charge in [0.05, 0.1) is 0 Å². The molecule has 1 fully saturated rings. The van der Waals surface area contributed by atoms with Gasteiger partial charge >= 0.3 is 5.97 Å². The minimum atomic E-state index is -1.12. The van der Waals surface area contributed by atoms with Gasteiger partial charge in [-0.05, 0) is 36.5 Å². The molecule has 19 heavy (non-hydrogen) atoms. The molecule has 1 heterocycles. The van der Waals surface area contributed by atoms with Gasteiger partial charge in [-0.2, -0.15) is 0 Å². The summed E-state index contributed by atoms with van der Waals surface area (Å²) in [6.45, 7) is 2.95. The second-order valence-corrected chi connectivity index (χ2v) is 4.86. The Morgan fingerprint density at radius 2 is 1.89 bits per heavy atom. The van der Waals surface area contributed by atoms with Crippen molar-refractivity contribution < 1.29 is 19.8 Å². The Morgan fingerprint density at radius 3 is 2.42 bits per heavy atom. The van der Waals surface area contributed by atoms with E-state index >= 15 is 0 Å². The van der Waals surface area contributed by atoms with Crippen LogP contribution in [0.5, 0.6) is 5.75 Å². The van der Waals surface area contributed by atoms with E-state index in [0.717, 1.165) is 18.4 Å². The van der Waals surface area contributed by atoms with Gasteiger partial charge in [-0.1, -0.05) is 6.07 Å². The molecule has 5 heteroatoms. The van der Waals surface area contributed by atoms with E-state index < -0.39 is 5.97 Å². The largest absolute Gasteiger partial charge is 0.507 e. The van der Waals surface area contributed by atoms with E-state index in [1.807, 2.05) is 0 Å². The van der Waals surface area contributed by atoms with Gasteiger partial charge in [0.2, 0.25) is 5.91 Å². The third kappa shape index (κ3) is 2.86. The van der Waals surface area contributed by atoms with E-state index in [1.165, 1.54) is 12.1 Å².